The van der Waals surface area contributed by atoms with Crippen LogP contribution in [0.3, 0.4) is 0 Å². The van der Waals surface area contributed by atoms with Crippen molar-refractivity contribution in [2.75, 3.05) is 37.5 Å². The first-order chi connectivity index (χ1) is 5.86. The van der Waals surface area contributed by atoms with Gasteiger partial charge in [-0.3, -0.25) is 0 Å². The maximum absolute atomic E-state index is 5.80. The Hall–Kier alpha value is 0.600. The molecule has 1 aliphatic rings. The first-order valence-electron chi connectivity index (χ1n) is 4.64. The summed E-state index contributed by atoms with van der Waals surface area (Å²) in [6.07, 6.45) is 4.81. The Bertz CT molecular complexity index is 121. The fourth-order valence-corrected chi connectivity index (χ4v) is 2.34. The molecule has 0 aromatic heterocycles. The monoisotopic (exact) mass is 207 g/mol. The van der Waals surface area contributed by atoms with Gasteiger partial charge in [0.25, 0.3) is 0 Å². The SMILES string of the molecule is CSCCCN1CCC(CCl)C1. The molecule has 0 N–H and O–H groups in total. The molecule has 0 aromatic rings. The van der Waals surface area contributed by atoms with Crippen molar-refractivity contribution in [3.05, 3.63) is 0 Å². The third-order valence-electron chi connectivity index (χ3n) is 2.41. The average molecular weight is 208 g/mol. The summed E-state index contributed by atoms with van der Waals surface area (Å²) < 4.78 is 0. The van der Waals surface area contributed by atoms with Crippen LogP contribution in [0.1, 0.15) is 12.8 Å². The number of hydrogen-bond acceptors (Lipinski definition) is 2. The predicted octanol–water partition coefficient (Wildman–Crippen LogP) is 2.30. The zero-order valence-corrected chi connectivity index (χ0v) is 9.33. The fourth-order valence-electron chi connectivity index (χ4n) is 1.67. The Kier molecular flexibility index (Phi) is 5.44. The Balaban J connectivity index is 2.03. The molecule has 0 radical (unpaired) electrons. The van der Waals surface area contributed by atoms with Crippen molar-refractivity contribution >= 4 is 23.4 Å². The van der Waals surface area contributed by atoms with E-state index < -0.39 is 0 Å². The van der Waals surface area contributed by atoms with Gasteiger partial charge in [-0.25, -0.2) is 0 Å². The second-order valence-electron chi connectivity index (χ2n) is 3.46. The highest BCUT2D eigenvalue weighted by molar-refractivity contribution is 7.98. The van der Waals surface area contributed by atoms with E-state index in [2.05, 4.69) is 11.2 Å². The molecular formula is C9H18ClNS. The zero-order valence-electron chi connectivity index (χ0n) is 7.76. The van der Waals surface area contributed by atoms with Crippen molar-refractivity contribution in [3.8, 4) is 0 Å². The molecule has 0 amide bonds. The lowest BCUT2D eigenvalue weighted by molar-refractivity contribution is 0.330. The van der Waals surface area contributed by atoms with Crippen LogP contribution in [0.5, 0.6) is 0 Å². The van der Waals surface area contributed by atoms with Crippen LogP contribution in [0.25, 0.3) is 0 Å². The van der Waals surface area contributed by atoms with Crippen molar-refractivity contribution in [1.29, 1.82) is 0 Å². The molecule has 1 heterocycles. The van der Waals surface area contributed by atoms with Crippen LogP contribution in [0, 0.1) is 5.92 Å². The molecule has 0 spiro atoms. The molecule has 1 unspecified atom stereocenters. The van der Waals surface area contributed by atoms with Gasteiger partial charge in [-0.15, -0.1) is 11.6 Å². The molecule has 1 saturated heterocycles. The first-order valence-corrected chi connectivity index (χ1v) is 6.57. The van der Waals surface area contributed by atoms with E-state index in [0.29, 0.717) is 0 Å². The minimum absolute atomic E-state index is 0.765. The topological polar surface area (TPSA) is 3.24 Å². The van der Waals surface area contributed by atoms with Gasteiger partial charge in [0.1, 0.15) is 0 Å². The fraction of sp³-hybridized carbons (Fsp3) is 1.00. The summed E-state index contributed by atoms with van der Waals surface area (Å²) in [4.78, 5) is 2.54. The second kappa shape index (κ2) is 6.11. The van der Waals surface area contributed by atoms with Crippen molar-refractivity contribution in [2.45, 2.75) is 12.8 Å². The summed E-state index contributed by atoms with van der Waals surface area (Å²) >= 11 is 7.74. The highest BCUT2D eigenvalue weighted by Crippen LogP contribution is 2.17. The van der Waals surface area contributed by atoms with Crippen LogP contribution in [0.2, 0.25) is 0 Å². The molecule has 1 nitrogen and oxygen atoms in total. The standard InChI is InChI=1S/C9H18ClNS/c1-12-6-2-4-11-5-3-9(7-10)8-11/h9H,2-8H2,1H3. The number of hydrogen-bond donors (Lipinski definition) is 0. The Morgan fingerprint density at radius 2 is 2.42 bits per heavy atom. The van der Waals surface area contributed by atoms with Crippen LogP contribution < -0.4 is 0 Å². The number of thioether (sulfide) groups is 1. The Morgan fingerprint density at radius 1 is 1.58 bits per heavy atom. The van der Waals surface area contributed by atoms with Crippen LogP contribution in [-0.4, -0.2) is 42.4 Å². The highest BCUT2D eigenvalue weighted by atomic mass is 35.5. The second-order valence-corrected chi connectivity index (χ2v) is 4.75. The maximum Gasteiger partial charge on any atom is 0.0264 e. The molecule has 1 rings (SSSR count). The van der Waals surface area contributed by atoms with E-state index in [1.54, 1.807) is 0 Å². The zero-order chi connectivity index (χ0) is 8.81. The third-order valence-corrected chi connectivity index (χ3v) is 3.54. The quantitative estimate of drug-likeness (QED) is 0.503. The summed E-state index contributed by atoms with van der Waals surface area (Å²) in [5, 5.41) is 0. The van der Waals surface area contributed by atoms with Crippen LogP contribution in [0.15, 0.2) is 0 Å². The van der Waals surface area contributed by atoms with E-state index in [1.165, 1.54) is 38.2 Å². The smallest absolute Gasteiger partial charge is 0.0264 e. The lowest BCUT2D eigenvalue weighted by Crippen LogP contribution is -2.22. The van der Waals surface area contributed by atoms with Gasteiger partial charge in [0.05, 0.1) is 0 Å². The van der Waals surface area contributed by atoms with Crippen molar-refractivity contribution < 1.29 is 0 Å². The predicted molar refractivity (Wildman–Crippen MR) is 58.3 cm³/mol. The minimum atomic E-state index is 0.765. The van der Waals surface area contributed by atoms with Gasteiger partial charge in [-0.2, -0.15) is 11.8 Å². The summed E-state index contributed by atoms with van der Waals surface area (Å²) in [7, 11) is 0. The normalized spacial score (nSPS) is 25.0. The van der Waals surface area contributed by atoms with Crippen molar-refractivity contribution in [1.82, 2.24) is 4.90 Å². The summed E-state index contributed by atoms with van der Waals surface area (Å²) in [6, 6.07) is 0. The number of likely N-dealkylation sites (tertiary alicyclic amines) is 1. The number of nitrogens with zero attached hydrogens (tertiary/aromatic N) is 1. The van der Waals surface area contributed by atoms with Crippen LogP contribution in [0.4, 0.5) is 0 Å². The average Bonchev–Trinajstić information content (AvgIpc) is 2.53. The van der Waals surface area contributed by atoms with E-state index in [9.17, 15) is 0 Å². The van der Waals surface area contributed by atoms with Crippen LogP contribution in [-0.2, 0) is 0 Å². The molecule has 0 bridgehead atoms. The summed E-state index contributed by atoms with van der Waals surface area (Å²) in [6.45, 7) is 3.78. The van der Waals surface area contributed by atoms with Gasteiger partial charge in [0.2, 0.25) is 0 Å². The maximum atomic E-state index is 5.80. The third kappa shape index (κ3) is 3.55. The van der Waals surface area contributed by atoms with Crippen molar-refractivity contribution in [2.24, 2.45) is 5.92 Å². The molecule has 1 atom stereocenters. The summed E-state index contributed by atoms with van der Waals surface area (Å²) in [5.41, 5.74) is 0. The Labute approximate surface area is 84.8 Å². The molecule has 12 heavy (non-hydrogen) atoms. The highest BCUT2D eigenvalue weighted by Gasteiger charge is 2.20. The minimum Gasteiger partial charge on any atom is -0.303 e. The lowest BCUT2D eigenvalue weighted by atomic mass is 10.2. The lowest BCUT2D eigenvalue weighted by Gasteiger charge is -2.14. The van der Waals surface area contributed by atoms with Crippen LogP contribution >= 0.6 is 23.4 Å². The van der Waals surface area contributed by atoms with E-state index in [-0.39, 0.29) is 0 Å². The van der Waals surface area contributed by atoms with E-state index in [4.69, 9.17) is 11.6 Å². The van der Waals surface area contributed by atoms with E-state index in [0.717, 1.165) is 11.8 Å². The molecule has 0 aromatic carbocycles. The molecule has 0 aliphatic carbocycles. The molecule has 0 saturated carbocycles. The van der Waals surface area contributed by atoms with Gasteiger partial charge in [0, 0.05) is 12.4 Å². The molecular weight excluding hydrogens is 190 g/mol. The number of halogens is 1. The van der Waals surface area contributed by atoms with Gasteiger partial charge >= 0.3 is 0 Å². The molecule has 1 aliphatic heterocycles. The first kappa shape index (κ1) is 10.7. The summed E-state index contributed by atoms with van der Waals surface area (Å²) in [5.74, 6) is 2.90. The largest absolute Gasteiger partial charge is 0.303 e. The molecule has 3 heteroatoms. The molecule has 72 valence electrons. The van der Waals surface area contributed by atoms with E-state index in [1.807, 2.05) is 11.8 Å². The van der Waals surface area contributed by atoms with E-state index >= 15 is 0 Å². The Morgan fingerprint density at radius 3 is 3.00 bits per heavy atom. The molecule has 1 fully saturated rings. The number of rotatable bonds is 5. The van der Waals surface area contributed by atoms with Gasteiger partial charge in [-0.05, 0) is 43.9 Å². The van der Waals surface area contributed by atoms with Gasteiger partial charge in [0.15, 0.2) is 0 Å². The number of alkyl halides is 1. The van der Waals surface area contributed by atoms with Gasteiger partial charge < -0.3 is 4.90 Å². The van der Waals surface area contributed by atoms with Crippen molar-refractivity contribution in [3.63, 3.8) is 0 Å². The van der Waals surface area contributed by atoms with Gasteiger partial charge in [-0.1, -0.05) is 0 Å².